The van der Waals surface area contributed by atoms with Gasteiger partial charge in [-0.15, -0.1) is 0 Å². The molecule has 1 aliphatic carbocycles. The van der Waals surface area contributed by atoms with Crippen molar-refractivity contribution in [2.45, 2.75) is 52.5 Å². The minimum absolute atomic E-state index is 0.115. The van der Waals surface area contributed by atoms with E-state index in [0.29, 0.717) is 12.0 Å². The molecular formula is C19H25N3O. The summed E-state index contributed by atoms with van der Waals surface area (Å²) in [6.07, 6.45) is 6.30. The van der Waals surface area contributed by atoms with Crippen LogP contribution in [0.15, 0.2) is 11.6 Å². The maximum atomic E-state index is 12.6. The summed E-state index contributed by atoms with van der Waals surface area (Å²) in [4.78, 5) is 14.4. The maximum Gasteiger partial charge on any atom is 0.264 e. The van der Waals surface area contributed by atoms with E-state index in [1.807, 2.05) is 4.90 Å². The van der Waals surface area contributed by atoms with Crippen LogP contribution < -0.4 is 0 Å². The second-order valence-corrected chi connectivity index (χ2v) is 7.07. The lowest BCUT2D eigenvalue weighted by Crippen LogP contribution is -2.38. The molecule has 1 saturated heterocycles. The Kier molecular flexibility index (Phi) is 4.30. The lowest BCUT2D eigenvalue weighted by Gasteiger charge is -2.30. The predicted octanol–water partition coefficient (Wildman–Crippen LogP) is 3.61. The normalized spacial score (nSPS) is 19.7. The highest BCUT2D eigenvalue weighted by atomic mass is 16.2. The first kappa shape index (κ1) is 15.9. The molecule has 4 nitrogen and oxygen atoms in total. The highest BCUT2D eigenvalue weighted by Gasteiger charge is 2.27. The van der Waals surface area contributed by atoms with Crippen LogP contribution in [-0.4, -0.2) is 28.5 Å². The number of aromatic nitrogens is 1. The zero-order valence-corrected chi connectivity index (χ0v) is 14.3. The summed E-state index contributed by atoms with van der Waals surface area (Å²) in [5, 5.41) is 9.46. The number of nitrogens with zero attached hydrogens (tertiary/aromatic N) is 3. The molecule has 0 aromatic carbocycles. The van der Waals surface area contributed by atoms with Crippen LogP contribution in [-0.2, 0) is 4.79 Å². The number of hydrogen-bond acceptors (Lipinski definition) is 2. The van der Waals surface area contributed by atoms with Crippen LogP contribution in [0.25, 0.3) is 6.08 Å². The molecule has 0 bridgehead atoms. The highest BCUT2D eigenvalue weighted by molar-refractivity contribution is 6.01. The Morgan fingerprint density at radius 2 is 1.91 bits per heavy atom. The van der Waals surface area contributed by atoms with Crippen molar-refractivity contribution >= 4 is 12.0 Å². The van der Waals surface area contributed by atoms with Gasteiger partial charge in [0.15, 0.2) is 0 Å². The van der Waals surface area contributed by atoms with E-state index in [9.17, 15) is 10.1 Å². The first-order valence-corrected chi connectivity index (χ1v) is 8.60. The summed E-state index contributed by atoms with van der Waals surface area (Å²) >= 11 is 0. The summed E-state index contributed by atoms with van der Waals surface area (Å²) in [7, 11) is 0. The van der Waals surface area contributed by atoms with E-state index in [1.165, 1.54) is 18.5 Å². The number of carbonyl (C=O) groups excluding carboxylic acids is 1. The van der Waals surface area contributed by atoms with Crippen molar-refractivity contribution in [1.82, 2.24) is 9.47 Å². The smallest absolute Gasteiger partial charge is 0.264 e. The van der Waals surface area contributed by atoms with Gasteiger partial charge in [0.05, 0.1) is 0 Å². The Bertz CT molecular complexity index is 680. The van der Waals surface area contributed by atoms with Gasteiger partial charge in [0.2, 0.25) is 0 Å². The molecule has 1 aromatic rings. The van der Waals surface area contributed by atoms with E-state index in [1.54, 1.807) is 6.08 Å². The molecule has 3 rings (SSSR count). The van der Waals surface area contributed by atoms with E-state index in [-0.39, 0.29) is 11.5 Å². The number of nitriles is 1. The average molecular weight is 311 g/mol. The summed E-state index contributed by atoms with van der Waals surface area (Å²) in [5.41, 5.74) is 3.64. The van der Waals surface area contributed by atoms with Gasteiger partial charge in [-0.1, -0.05) is 6.92 Å². The molecule has 23 heavy (non-hydrogen) atoms. The minimum atomic E-state index is -0.115. The van der Waals surface area contributed by atoms with Crippen LogP contribution >= 0.6 is 0 Å². The third-order valence-electron chi connectivity index (χ3n) is 5.16. The van der Waals surface area contributed by atoms with E-state index < -0.39 is 0 Å². The van der Waals surface area contributed by atoms with E-state index in [2.05, 4.69) is 37.5 Å². The third-order valence-corrected chi connectivity index (χ3v) is 5.16. The molecule has 1 amide bonds. The average Bonchev–Trinajstić information content (AvgIpc) is 3.32. The molecule has 0 N–H and O–H groups in total. The molecule has 2 heterocycles. The third kappa shape index (κ3) is 3.19. The molecule has 0 unspecified atom stereocenters. The van der Waals surface area contributed by atoms with Gasteiger partial charge in [-0.3, -0.25) is 4.79 Å². The van der Waals surface area contributed by atoms with E-state index >= 15 is 0 Å². The second-order valence-electron chi connectivity index (χ2n) is 7.07. The molecule has 2 aliphatic rings. The van der Waals surface area contributed by atoms with Crippen molar-refractivity contribution in [1.29, 1.82) is 5.26 Å². The topological polar surface area (TPSA) is 49.0 Å². The number of hydrogen-bond donors (Lipinski definition) is 0. The van der Waals surface area contributed by atoms with Crippen LogP contribution in [0.2, 0.25) is 0 Å². The van der Waals surface area contributed by atoms with Gasteiger partial charge in [-0.05, 0) is 63.2 Å². The van der Waals surface area contributed by atoms with E-state index in [0.717, 1.165) is 37.2 Å². The van der Waals surface area contributed by atoms with Gasteiger partial charge in [0.25, 0.3) is 5.91 Å². The largest absolute Gasteiger partial charge is 0.346 e. The fourth-order valence-electron chi connectivity index (χ4n) is 3.52. The number of aryl methyl sites for hydroxylation is 1. The van der Waals surface area contributed by atoms with Crippen LogP contribution in [0, 0.1) is 31.1 Å². The lowest BCUT2D eigenvalue weighted by atomic mass is 9.98. The van der Waals surface area contributed by atoms with Crippen LogP contribution in [0.4, 0.5) is 0 Å². The second kappa shape index (κ2) is 6.23. The Morgan fingerprint density at radius 1 is 1.26 bits per heavy atom. The van der Waals surface area contributed by atoms with E-state index in [4.69, 9.17) is 0 Å². The van der Waals surface area contributed by atoms with Crippen molar-refractivity contribution in [3.05, 3.63) is 28.6 Å². The van der Waals surface area contributed by atoms with Gasteiger partial charge in [0, 0.05) is 30.5 Å². The van der Waals surface area contributed by atoms with Gasteiger partial charge in [-0.25, -0.2) is 0 Å². The number of rotatable bonds is 3. The molecule has 1 aromatic heterocycles. The highest BCUT2D eigenvalue weighted by Crippen LogP contribution is 2.38. The SMILES string of the molecule is Cc1cc(/C=C(\C#N)C(=O)N2CCC(C)CC2)c(C)n1C1CC1. The molecule has 1 saturated carbocycles. The van der Waals surface area contributed by atoms with Crippen LogP contribution in [0.5, 0.6) is 0 Å². The Morgan fingerprint density at radius 3 is 2.48 bits per heavy atom. The summed E-state index contributed by atoms with van der Waals surface area (Å²) in [6.45, 7) is 7.93. The van der Waals surface area contributed by atoms with Gasteiger partial charge in [0.1, 0.15) is 11.6 Å². The summed E-state index contributed by atoms with van der Waals surface area (Å²) < 4.78 is 2.34. The minimum Gasteiger partial charge on any atom is -0.346 e. The van der Waals surface area contributed by atoms with Crippen molar-refractivity contribution in [3.8, 4) is 6.07 Å². The van der Waals surface area contributed by atoms with Gasteiger partial charge < -0.3 is 9.47 Å². The number of likely N-dealkylation sites (tertiary alicyclic amines) is 1. The lowest BCUT2D eigenvalue weighted by molar-refractivity contribution is -0.127. The molecule has 1 aliphatic heterocycles. The maximum absolute atomic E-state index is 12.6. The Hall–Kier alpha value is -2.02. The van der Waals surface area contributed by atoms with Crippen LogP contribution in [0.1, 0.15) is 55.6 Å². The van der Waals surface area contributed by atoms with Crippen molar-refractivity contribution < 1.29 is 4.79 Å². The first-order valence-electron chi connectivity index (χ1n) is 8.60. The molecule has 0 atom stereocenters. The zero-order chi connectivity index (χ0) is 16.6. The van der Waals surface area contributed by atoms with Crippen molar-refractivity contribution in [3.63, 3.8) is 0 Å². The summed E-state index contributed by atoms with van der Waals surface area (Å²) in [6, 6.07) is 4.83. The summed E-state index contributed by atoms with van der Waals surface area (Å²) in [5.74, 6) is 0.557. The number of piperidine rings is 1. The number of amides is 1. The van der Waals surface area contributed by atoms with Crippen LogP contribution in [0.3, 0.4) is 0 Å². The van der Waals surface area contributed by atoms with Gasteiger partial charge in [-0.2, -0.15) is 5.26 Å². The Balaban J connectivity index is 1.83. The fourth-order valence-corrected chi connectivity index (χ4v) is 3.52. The fraction of sp³-hybridized carbons (Fsp3) is 0.579. The predicted molar refractivity (Wildman–Crippen MR) is 90.7 cm³/mol. The first-order chi connectivity index (χ1) is 11.0. The standard InChI is InChI=1S/C19H25N3O/c1-13-6-8-21(9-7-13)19(23)17(12-20)11-16-10-14(2)22(15(16)3)18-4-5-18/h10-11,13,18H,4-9H2,1-3H3/b17-11+. The Labute approximate surface area is 138 Å². The van der Waals surface area contributed by atoms with Crippen molar-refractivity contribution in [2.75, 3.05) is 13.1 Å². The molecule has 0 spiro atoms. The molecule has 122 valence electrons. The molecule has 0 radical (unpaired) electrons. The molecular weight excluding hydrogens is 286 g/mol. The van der Waals surface area contributed by atoms with Crippen molar-refractivity contribution in [2.24, 2.45) is 5.92 Å². The monoisotopic (exact) mass is 311 g/mol. The molecule has 4 heteroatoms. The molecule has 2 fully saturated rings. The zero-order valence-electron chi connectivity index (χ0n) is 14.3. The quantitative estimate of drug-likeness (QED) is 0.632. The van der Waals surface area contributed by atoms with Gasteiger partial charge >= 0.3 is 0 Å². The number of carbonyl (C=O) groups is 1.